The van der Waals surface area contributed by atoms with E-state index in [-0.39, 0.29) is 0 Å². The molecule has 6 heteroatoms. The second-order valence-electron chi connectivity index (χ2n) is 5.36. The lowest BCUT2D eigenvalue weighted by atomic mass is 10.1. The van der Waals surface area contributed by atoms with Crippen molar-refractivity contribution < 1.29 is 18.8 Å². The summed E-state index contributed by atoms with van der Waals surface area (Å²) in [6.07, 6.45) is 2.65. The van der Waals surface area contributed by atoms with Crippen LogP contribution in [-0.4, -0.2) is 30.2 Å². The minimum absolute atomic E-state index is 0.557. The SMILES string of the molecule is COc1cc(OC)c2c(C=O)cn(Cc3c(C)noc3C)c2c1. The Kier molecular flexibility index (Phi) is 3.82. The predicted octanol–water partition coefficient (Wildman–Crippen LogP) is 3.12. The first kappa shape index (κ1) is 15.1. The van der Waals surface area contributed by atoms with E-state index in [1.165, 1.54) is 0 Å². The van der Waals surface area contributed by atoms with E-state index >= 15 is 0 Å². The average Bonchev–Trinajstić information content (AvgIpc) is 3.08. The number of nitrogens with zero attached hydrogens (tertiary/aromatic N) is 2. The molecule has 0 aliphatic carbocycles. The monoisotopic (exact) mass is 314 g/mol. The second-order valence-corrected chi connectivity index (χ2v) is 5.36. The molecule has 120 valence electrons. The highest BCUT2D eigenvalue weighted by Gasteiger charge is 2.17. The van der Waals surface area contributed by atoms with Crippen LogP contribution in [0.3, 0.4) is 0 Å². The zero-order valence-electron chi connectivity index (χ0n) is 13.5. The smallest absolute Gasteiger partial charge is 0.152 e. The van der Waals surface area contributed by atoms with Gasteiger partial charge < -0.3 is 18.6 Å². The number of aromatic nitrogens is 2. The Labute approximate surface area is 133 Å². The van der Waals surface area contributed by atoms with Crippen molar-refractivity contribution in [1.82, 2.24) is 9.72 Å². The van der Waals surface area contributed by atoms with Gasteiger partial charge in [-0.2, -0.15) is 0 Å². The van der Waals surface area contributed by atoms with Crippen LogP contribution in [0, 0.1) is 13.8 Å². The van der Waals surface area contributed by atoms with Crippen LogP contribution >= 0.6 is 0 Å². The Morgan fingerprint density at radius 1 is 1.26 bits per heavy atom. The number of methoxy groups -OCH3 is 2. The van der Waals surface area contributed by atoms with Crippen LogP contribution in [0.5, 0.6) is 11.5 Å². The quantitative estimate of drug-likeness (QED) is 0.677. The number of aryl methyl sites for hydroxylation is 2. The molecule has 0 saturated carbocycles. The van der Waals surface area contributed by atoms with Crippen molar-refractivity contribution in [3.05, 3.63) is 40.9 Å². The number of fused-ring (bicyclic) bond motifs is 1. The number of carbonyl (C=O) groups excluding carboxylic acids is 1. The number of carbonyl (C=O) groups is 1. The van der Waals surface area contributed by atoms with Crippen molar-refractivity contribution >= 4 is 17.2 Å². The van der Waals surface area contributed by atoms with E-state index in [1.807, 2.05) is 30.7 Å². The van der Waals surface area contributed by atoms with Crippen LogP contribution in [0.1, 0.15) is 27.4 Å². The molecule has 2 aromatic heterocycles. The molecule has 3 aromatic rings. The number of hydrogen-bond donors (Lipinski definition) is 0. The fraction of sp³-hybridized carbons (Fsp3) is 0.294. The van der Waals surface area contributed by atoms with Crippen LogP contribution in [0.15, 0.2) is 22.9 Å². The molecule has 2 heterocycles. The third-order valence-corrected chi connectivity index (χ3v) is 4.04. The molecule has 0 fully saturated rings. The number of hydrogen-bond acceptors (Lipinski definition) is 5. The first-order valence-electron chi connectivity index (χ1n) is 7.20. The summed E-state index contributed by atoms with van der Waals surface area (Å²) in [5.74, 6) is 2.05. The van der Waals surface area contributed by atoms with Gasteiger partial charge in [0, 0.05) is 29.5 Å². The highest BCUT2D eigenvalue weighted by molar-refractivity contribution is 6.02. The van der Waals surface area contributed by atoms with Gasteiger partial charge in [-0.1, -0.05) is 5.16 Å². The maximum absolute atomic E-state index is 11.5. The van der Waals surface area contributed by atoms with Crippen LogP contribution in [0.25, 0.3) is 10.9 Å². The largest absolute Gasteiger partial charge is 0.497 e. The normalized spacial score (nSPS) is 11.0. The van der Waals surface area contributed by atoms with Crippen molar-refractivity contribution in [2.24, 2.45) is 0 Å². The Morgan fingerprint density at radius 2 is 2.04 bits per heavy atom. The molecular weight excluding hydrogens is 296 g/mol. The van der Waals surface area contributed by atoms with Gasteiger partial charge in [0.05, 0.1) is 37.4 Å². The van der Waals surface area contributed by atoms with Crippen LogP contribution in [0.4, 0.5) is 0 Å². The lowest BCUT2D eigenvalue weighted by Gasteiger charge is -2.09. The lowest BCUT2D eigenvalue weighted by Crippen LogP contribution is -2.00. The lowest BCUT2D eigenvalue weighted by molar-refractivity contribution is 0.112. The average molecular weight is 314 g/mol. The van der Waals surface area contributed by atoms with E-state index < -0.39 is 0 Å². The molecule has 3 rings (SSSR count). The van der Waals surface area contributed by atoms with Gasteiger partial charge in [0.1, 0.15) is 17.3 Å². The van der Waals surface area contributed by atoms with Crippen molar-refractivity contribution in [2.45, 2.75) is 20.4 Å². The number of aldehydes is 1. The number of rotatable bonds is 5. The molecule has 0 aliphatic heterocycles. The zero-order chi connectivity index (χ0) is 16.6. The van der Waals surface area contributed by atoms with Gasteiger partial charge in [0.25, 0.3) is 0 Å². The standard InChI is InChI=1S/C17H18N2O4/c1-10-14(11(2)23-18-10)8-19-7-12(9-20)17-15(19)5-13(21-3)6-16(17)22-4/h5-7,9H,8H2,1-4H3. The second kappa shape index (κ2) is 5.79. The summed E-state index contributed by atoms with van der Waals surface area (Å²) in [5, 5.41) is 4.75. The van der Waals surface area contributed by atoms with Crippen molar-refractivity contribution in [3.63, 3.8) is 0 Å². The van der Waals surface area contributed by atoms with Crippen LogP contribution in [-0.2, 0) is 6.54 Å². The molecular formula is C17H18N2O4. The Balaban J connectivity index is 2.22. The molecule has 0 saturated heterocycles. The van der Waals surface area contributed by atoms with Gasteiger partial charge in [-0.15, -0.1) is 0 Å². The molecule has 0 bridgehead atoms. The fourth-order valence-electron chi connectivity index (χ4n) is 2.79. The third kappa shape index (κ3) is 2.46. The van der Waals surface area contributed by atoms with Gasteiger partial charge >= 0.3 is 0 Å². The summed E-state index contributed by atoms with van der Waals surface area (Å²) < 4.78 is 18.0. The summed E-state index contributed by atoms with van der Waals surface area (Å²) in [6.45, 7) is 4.34. The van der Waals surface area contributed by atoms with E-state index in [0.29, 0.717) is 23.6 Å². The maximum atomic E-state index is 11.5. The van der Waals surface area contributed by atoms with Gasteiger partial charge in [-0.25, -0.2) is 0 Å². The molecule has 0 amide bonds. The summed E-state index contributed by atoms with van der Waals surface area (Å²) >= 11 is 0. The summed E-state index contributed by atoms with van der Waals surface area (Å²) in [5.41, 5.74) is 3.28. The van der Waals surface area contributed by atoms with Crippen LogP contribution < -0.4 is 9.47 Å². The summed E-state index contributed by atoms with van der Waals surface area (Å²) in [7, 11) is 3.18. The molecule has 6 nitrogen and oxygen atoms in total. The Bertz CT molecular complexity index is 857. The van der Waals surface area contributed by atoms with E-state index in [1.54, 1.807) is 20.3 Å². The fourth-order valence-corrected chi connectivity index (χ4v) is 2.79. The number of ether oxygens (including phenoxy) is 2. The third-order valence-electron chi connectivity index (χ3n) is 4.04. The zero-order valence-corrected chi connectivity index (χ0v) is 13.5. The summed E-state index contributed by atoms with van der Waals surface area (Å²) in [4.78, 5) is 11.5. The Hall–Kier alpha value is -2.76. The maximum Gasteiger partial charge on any atom is 0.152 e. The number of benzene rings is 1. The van der Waals surface area contributed by atoms with Gasteiger partial charge in [0.2, 0.25) is 0 Å². The van der Waals surface area contributed by atoms with Gasteiger partial charge in [-0.05, 0) is 13.8 Å². The molecule has 1 aromatic carbocycles. The topological polar surface area (TPSA) is 66.5 Å². The van der Waals surface area contributed by atoms with E-state index in [2.05, 4.69) is 5.16 Å². The molecule has 0 unspecified atom stereocenters. The van der Waals surface area contributed by atoms with E-state index in [0.717, 1.165) is 34.2 Å². The van der Waals surface area contributed by atoms with Gasteiger partial charge in [0.15, 0.2) is 6.29 Å². The highest BCUT2D eigenvalue weighted by Crippen LogP contribution is 2.35. The summed E-state index contributed by atoms with van der Waals surface area (Å²) in [6, 6.07) is 3.67. The molecule has 0 N–H and O–H groups in total. The van der Waals surface area contributed by atoms with Gasteiger partial charge in [-0.3, -0.25) is 4.79 Å². The molecule has 0 aliphatic rings. The predicted molar refractivity (Wildman–Crippen MR) is 85.5 cm³/mol. The van der Waals surface area contributed by atoms with E-state index in [4.69, 9.17) is 14.0 Å². The minimum Gasteiger partial charge on any atom is -0.497 e. The highest BCUT2D eigenvalue weighted by atomic mass is 16.5. The minimum atomic E-state index is 0.557. The van der Waals surface area contributed by atoms with Crippen molar-refractivity contribution in [3.8, 4) is 11.5 Å². The van der Waals surface area contributed by atoms with E-state index in [9.17, 15) is 4.79 Å². The van der Waals surface area contributed by atoms with Crippen molar-refractivity contribution in [2.75, 3.05) is 14.2 Å². The molecule has 0 atom stereocenters. The van der Waals surface area contributed by atoms with Crippen LogP contribution in [0.2, 0.25) is 0 Å². The first-order chi connectivity index (χ1) is 11.1. The first-order valence-corrected chi connectivity index (χ1v) is 7.20. The molecule has 0 spiro atoms. The van der Waals surface area contributed by atoms with Crippen molar-refractivity contribution in [1.29, 1.82) is 0 Å². The Morgan fingerprint density at radius 3 is 2.61 bits per heavy atom. The molecule has 23 heavy (non-hydrogen) atoms. The molecule has 0 radical (unpaired) electrons.